The number of aryl methyl sites for hydroxylation is 1. The number of benzene rings is 1. The van der Waals surface area contributed by atoms with Gasteiger partial charge in [-0.2, -0.15) is 0 Å². The molecule has 2 aromatic rings. The molecule has 122 valence electrons. The molecule has 0 saturated heterocycles. The lowest BCUT2D eigenvalue weighted by Gasteiger charge is -2.13. The van der Waals surface area contributed by atoms with Crippen LogP contribution < -0.4 is 15.0 Å². The topological polar surface area (TPSA) is 67.4 Å². The molecule has 7 heteroatoms. The molecule has 1 aromatic carbocycles. The minimum Gasteiger partial charge on any atom is -0.484 e. The fourth-order valence-corrected chi connectivity index (χ4v) is 1.83. The van der Waals surface area contributed by atoms with Gasteiger partial charge in [0.05, 0.1) is 6.54 Å². The minimum absolute atomic E-state index is 0.155. The number of halogens is 1. The van der Waals surface area contributed by atoms with Gasteiger partial charge in [-0.25, -0.2) is 14.4 Å². The van der Waals surface area contributed by atoms with Crippen LogP contribution in [0.2, 0.25) is 0 Å². The molecule has 0 atom stereocenters. The zero-order chi connectivity index (χ0) is 16.8. The number of ether oxygens (including phenoxy) is 1. The fourth-order valence-electron chi connectivity index (χ4n) is 1.83. The van der Waals surface area contributed by atoms with Crippen molar-refractivity contribution in [3.63, 3.8) is 0 Å². The van der Waals surface area contributed by atoms with Gasteiger partial charge in [0.2, 0.25) is 0 Å². The fraction of sp³-hybridized carbons (Fsp3) is 0.312. The van der Waals surface area contributed by atoms with Crippen LogP contribution in [0.4, 0.5) is 10.2 Å². The summed E-state index contributed by atoms with van der Waals surface area (Å²) in [6.07, 6.45) is 0. The Labute approximate surface area is 134 Å². The molecule has 1 aromatic heterocycles. The smallest absolute Gasteiger partial charge is 0.258 e. The van der Waals surface area contributed by atoms with Gasteiger partial charge in [-0.1, -0.05) is 0 Å². The Balaban J connectivity index is 1.85. The van der Waals surface area contributed by atoms with Crippen LogP contribution in [0.15, 0.2) is 30.3 Å². The number of rotatable bonds is 6. The molecule has 23 heavy (non-hydrogen) atoms. The van der Waals surface area contributed by atoms with Crippen molar-refractivity contribution in [3.05, 3.63) is 47.7 Å². The third-order valence-corrected chi connectivity index (χ3v) is 2.97. The standard InChI is InChI=1S/C16H19FN4O2/c1-11-8-15(21(2)3)20-14(19-11)9-18-16(22)10-23-13-6-4-12(17)5-7-13/h4-8H,9-10H2,1-3H3,(H,18,22). The Kier molecular flexibility index (Phi) is 5.46. The van der Waals surface area contributed by atoms with Gasteiger partial charge in [-0.15, -0.1) is 0 Å². The number of hydrogen-bond acceptors (Lipinski definition) is 5. The summed E-state index contributed by atoms with van der Waals surface area (Å²) in [6.45, 7) is 1.93. The second-order valence-corrected chi connectivity index (χ2v) is 5.20. The first kappa shape index (κ1) is 16.7. The van der Waals surface area contributed by atoms with E-state index >= 15 is 0 Å². The van der Waals surface area contributed by atoms with Crippen LogP contribution in [0.3, 0.4) is 0 Å². The van der Waals surface area contributed by atoms with E-state index < -0.39 is 0 Å². The largest absolute Gasteiger partial charge is 0.484 e. The van der Waals surface area contributed by atoms with Crippen LogP contribution in [-0.2, 0) is 11.3 Å². The summed E-state index contributed by atoms with van der Waals surface area (Å²) in [5.74, 6) is 1.09. The highest BCUT2D eigenvalue weighted by atomic mass is 19.1. The quantitative estimate of drug-likeness (QED) is 0.878. The molecule has 0 spiro atoms. The summed E-state index contributed by atoms with van der Waals surface area (Å²) in [5.41, 5.74) is 0.829. The van der Waals surface area contributed by atoms with Crippen molar-refractivity contribution < 1.29 is 13.9 Å². The summed E-state index contributed by atoms with van der Waals surface area (Å²) >= 11 is 0. The van der Waals surface area contributed by atoms with E-state index in [4.69, 9.17) is 4.74 Å². The van der Waals surface area contributed by atoms with Crippen LogP contribution in [0.1, 0.15) is 11.5 Å². The number of nitrogens with one attached hydrogen (secondary N) is 1. The van der Waals surface area contributed by atoms with Crippen molar-refractivity contribution in [2.45, 2.75) is 13.5 Å². The Morgan fingerprint density at radius 3 is 2.61 bits per heavy atom. The molecule has 0 bridgehead atoms. The van der Waals surface area contributed by atoms with Gasteiger partial charge in [-0.3, -0.25) is 4.79 Å². The third kappa shape index (κ3) is 5.21. The summed E-state index contributed by atoms with van der Waals surface area (Å²) in [4.78, 5) is 22.3. The van der Waals surface area contributed by atoms with E-state index in [0.29, 0.717) is 11.6 Å². The van der Waals surface area contributed by atoms with E-state index in [1.54, 1.807) is 0 Å². The van der Waals surface area contributed by atoms with E-state index in [2.05, 4.69) is 15.3 Å². The van der Waals surface area contributed by atoms with Crippen molar-refractivity contribution in [1.82, 2.24) is 15.3 Å². The maximum atomic E-state index is 12.8. The zero-order valence-corrected chi connectivity index (χ0v) is 13.3. The summed E-state index contributed by atoms with van der Waals surface area (Å²) in [5, 5.41) is 2.69. The van der Waals surface area contributed by atoms with E-state index in [-0.39, 0.29) is 24.9 Å². The van der Waals surface area contributed by atoms with Crippen molar-refractivity contribution in [2.75, 3.05) is 25.6 Å². The molecule has 0 radical (unpaired) electrons. The molecule has 1 N–H and O–H groups in total. The molecule has 0 fully saturated rings. The van der Waals surface area contributed by atoms with E-state index in [0.717, 1.165) is 11.5 Å². The number of carbonyl (C=O) groups excluding carboxylic acids is 1. The van der Waals surface area contributed by atoms with E-state index in [9.17, 15) is 9.18 Å². The average Bonchev–Trinajstić information content (AvgIpc) is 2.52. The number of anilines is 1. The number of carbonyl (C=O) groups is 1. The molecule has 0 unspecified atom stereocenters. The van der Waals surface area contributed by atoms with Gasteiger partial charge >= 0.3 is 0 Å². The van der Waals surface area contributed by atoms with Crippen molar-refractivity contribution in [3.8, 4) is 5.75 Å². The monoisotopic (exact) mass is 318 g/mol. The lowest BCUT2D eigenvalue weighted by atomic mass is 10.3. The van der Waals surface area contributed by atoms with Crippen LogP contribution in [0, 0.1) is 12.7 Å². The highest BCUT2D eigenvalue weighted by molar-refractivity contribution is 5.77. The van der Waals surface area contributed by atoms with Crippen LogP contribution in [-0.4, -0.2) is 36.6 Å². The lowest BCUT2D eigenvalue weighted by Crippen LogP contribution is -2.29. The van der Waals surface area contributed by atoms with Crippen molar-refractivity contribution in [2.24, 2.45) is 0 Å². The second kappa shape index (κ2) is 7.53. The highest BCUT2D eigenvalue weighted by Crippen LogP contribution is 2.11. The third-order valence-electron chi connectivity index (χ3n) is 2.97. The number of amides is 1. The van der Waals surface area contributed by atoms with Crippen molar-refractivity contribution >= 4 is 11.7 Å². The Morgan fingerprint density at radius 2 is 1.96 bits per heavy atom. The molecular formula is C16H19FN4O2. The van der Waals surface area contributed by atoms with Gasteiger partial charge in [0.25, 0.3) is 5.91 Å². The lowest BCUT2D eigenvalue weighted by molar-refractivity contribution is -0.123. The van der Waals surface area contributed by atoms with Crippen LogP contribution in [0.25, 0.3) is 0 Å². The van der Waals surface area contributed by atoms with Gasteiger partial charge in [0, 0.05) is 25.9 Å². The summed E-state index contributed by atoms with van der Waals surface area (Å²) < 4.78 is 18.0. The van der Waals surface area contributed by atoms with Gasteiger partial charge in [0.15, 0.2) is 6.61 Å². The molecule has 2 rings (SSSR count). The number of aromatic nitrogens is 2. The Hall–Kier alpha value is -2.70. The van der Waals surface area contributed by atoms with Gasteiger partial charge in [0.1, 0.15) is 23.2 Å². The first-order valence-electron chi connectivity index (χ1n) is 7.11. The van der Waals surface area contributed by atoms with Crippen molar-refractivity contribution in [1.29, 1.82) is 0 Å². The predicted octanol–water partition coefficient (Wildman–Crippen LogP) is 1.69. The normalized spacial score (nSPS) is 10.3. The average molecular weight is 318 g/mol. The number of hydrogen-bond donors (Lipinski definition) is 1. The molecular weight excluding hydrogens is 299 g/mol. The van der Waals surface area contributed by atoms with Gasteiger partial charge in [-0.05, 0) is 31.2 Å². The second-order valence-electron chi connectivity index (χ2n) is 5.20. The minimum atomic E-state index is -0.352. The number of nitrogens with zero attached hydrogens (tertiary/aromatic N) is 3. The first-order valence-corrected chi connectivity index (χ1v) is 7.11. The molecule has 1 amide bonds. The summed E-state index contributed by atoms with van der Waals surface area (Å²) in [7, 11) is 3.78. The Morgan fingerprint density at radius 1 is 1.26 bits per heavy atom. The maximum Gasteiger partial charge on any atom is 0.258 e. The molecule has 6 nitrogen and oxygen atoms in total. The van der Waals surface area contributed by atoms with Crippen LogP contribution in [0.5, 0.6) is 5.75 Å². The molecule has 1 heterocycles. The SMILES string of the molecule is Cc1cc(N(C)C)nc(CNC(=O)COc2ccc(F)cc2)n1. The predicted molar refractivity (Wildman–Crippen MR) is 84.8 cm³/mol. The van der Waals surface area contributed by atoms with Crippen LogP contribution >= 0.6 is 0 Å². The van der Waals surface area contributed by atoms with Gasteiger partial charge < -0.3 is 15.0 Å². The van der Waals surface area contributed by atoms with E-state index in [1.807, 2.05) is 32.0 Å². The van der Waals surface area contributed by atoms with E-state index in [1.165, 1.54) is 24.3 Å². The zero-order valence-electron chi connectivity index (χ0n) is 13.3. The summed E-state index contributed by atoms with van der Waals surface area (Å²) in [6, 6.07) is 7.35. The Bertz CT molecular complexity index is 674. The molecule has 0 aliphatic rings. The molecule has 0 aliphatic carbocycles. The highest BCUT2D eigenvalue weighted by Gasteiger charge is 2.07. The first-order chi connectivity index (χ1) is 10.9. The molecule has 0 aliphatic heterocycles. The maximum absolute atomic E-state index is 12.8. The molecule has 0 saturated carbocycles.